The van der Waals surface area contributed by atoms with E-state index in [0.29, 0.717) is 46.6 Å². The average Bonchev–Trinajstić information content (AvgIpc) is 3.43. The van der Waals surface area contributed by atoms with E-state index in [9.17, 15) is 24.9 Å². The van der Waals surface area contributed by atoms with Gasteiger partial charge in [0.2, 0.25) is 11.8 Å². The van der Waals surface area contributed by atoms with Gasteiger partial charge in [0, 0.05) is 24.2 Å². The Kier molecular flexibility index (Phi) is 8.48. The van der Waals surface area contributed by atoms with E-state index in [-0.39, 0.29) is 43.4 Å². The molecule has 7 atom stereocenters. The lowest BCUT2D eigenvalue weighted by Crippen LogP contribution is -2.60. The molecule has 2 aromatic carbocycles. The van der Waals surface area contributed by atoms with Crippen LogP contribution in [0, 0.1) is 23.2 Å². The van der Waals surface area contributed by atoms with Crippen molar-refractivity contribution in [3.63, 3.8) is 0 Å². The molecular weight excluding hydrogens is 560 g/mol. The Balaban J connectivity index is 1.40. The minimum atomic E-state index is -1.13. The molecule has 9 nitrogen and oxygen atoms in total. The third-order valence-electron chi connectivity index (χ3n) is 10.8. The number of aliphatic hydroxyl groups excluding tert-OH is 3. The Hall–Kier alpha value is -3.40. The second-order valence-corrected chi connectivity index (χ2v) is 13.4. The van der Waals surface area contributed by atoms with Crippen molar-refractivity contribution in [3.8, 4) is 11.5 Å². The Morgan fingerprint density at radius 2 is 1.89 bits per heavy atom. The van der Waals surface area contributed by atoms with E-state index in [0.717, 1.165) is 24.8 Å². The molecule has 2 bridgehead atoms. The quantitative estimate of drug-likeness (QED) is 0.328. The van der Waals surface area contributed by atoms with Gasteiger partial charge in [0.15, 0.2) is 11.5 Å². The summed E-state index contributed by atoms with van der Waals surface area (Å²) < 4.78 is 12.0. The molecule has 4 N–H and O–H groups in total. The summed E-state index contributed by atoms with van der Waals surface area (Å²) in [5.74, 6) is 1.15. The van der Waals surface area contributed by atoms with Crippen LogP contribution in [0.1, 0.15) is 55.7 Å². The molecule has 7 rings (SSSR count). The molecule has 0 spiro atoms. The van der Waals surface area contributed by atoms with Gasteiger partial charge in [-0.25, -0.2) is 0 Å². The fourth-order valence-corrected chi connectivity index (χ4v) is 8.31. The third-order valence-corrected chi connectivity index (χ3v) is 10.8. The van der Waals surface area contributed by atoms with Crippen molar-refractivity contribution in [1.29, 1.82) is 0 Å². The summed E-state index contributed by atoms with van der Waals surface area (Å²) in [4.78, 5) is 29.7. The molecule has 5 aliphatic rings. The molecule has 0 aromatic heterocycles. The van der Waals surface area contributed by atoms with E-state index in [4.69, 9.17) is 9.47 Å². The lowest BCUT2D eigenvalue weighted by Gasteiger charge is -2.61. The van der Waals surface area contributed by atoms with E-state index >= 15 is 0 Å². The first-order valence-corrected chi connectivity index (χ1v) is 15.8. The highest BCUT2D eigenvalue weighted by molar-refractivity contribution is 5.96. The summed E-state index contributed by atoms with van der Waals surface area (Å²) in [7, 11) is 1.51. The van der Waals surface area contributed by atoms with Crippen molar-refractivity contribution in [2.75, 3.05) is 26.8 Å². The molecule has 2 aromatic rings. The fraction of sp³-hybridized carbons (Fsp3) is 0.543. The van der Waals surface area contributed by atoms with E-state index in [1.807, 2.05) is 30.3 Å². The number of benzene rings is 2. The summed E-state index contributed by atoms with van der Waals surface area (Å²) in [6.07, 6.45) is 3.23. The molecule has 0 radical (unpaired) electrons. The Morgan fingerprint density at radius 1 is 1.11 bits per heavy atom. The molecule has 236 valence electrons. The van der Waals surface area contributed by atoms with Gasteiger partial charge in [-0.3, -0.25) is 9.59 Å². The number of nitrogens with one attached hydrogen (secondary N) is 1. The average molecular weight is 605 g/mol. The molecular formula is C35H44N2O7. The van der Waals surface area contributed by atoms with Crippen LogP contribution in [0.5, 0.6) is 11.5 Å². The third kappa shape index (κ3) is 5.29. The highest BCUT2D eigenvalue weighted by Crippen LogP contribution is 2.61. The predicted octanol–water partition coefficient (Wildman–Crippen LogP) is 2.95. The monoisotopic (exact) mass is 604 g/mol. The van der Waals surface area contributed by atoms with E-state index in [1.54, 1.807) is 23.1 Å². The Morgan fingerprint density at radius 3 is 2.55 bits per heavy atom. The fourth-order valence-electron chi connectivity index (χ4n) is 8.31. The first kappa shape index (κ1) is 30.6. The zero-order valence-corrected chi connectivity index (χ0v) is 25.7. The number of carbonyl (C=O) groups is 2. The molecule has 44 heavy (non-hydrogen) atoms. The zero-order chi connectivity index (χ0) is 31.2. The SMILES string of the molecule is COc1cc(CO)cc2c1O[C@@H]1[C@@H](O)[C@H](N(C[C@@H]3CC[C@H]4C[C@@H]3C4(C)C)C(=O)Cc3ccccc3)C=C(C(=O)NCCO)[C@H]21. The number of hydrogen-bond acceptors (Lipinski definition) is 7. The number of hydrogen-bond donors (Lipinski definition) is 4. The number of ether oxygens (including phenoxy) is 2. The van der Waals surface area contributed by atoms with Crippen LogP contribution < -0.4 is 14.8 Å². The lowest BCUT2D eigenvalue weighted by atomic mass is 9.45. The number of nitrogens with zero attached hydrogens (tertiary/aromatic N) is 1. The molecule has 2 amide bonds. The van der Waals surface area contributed by atoms with Crippen molar-refractivity contribution >= 4 is 11.8 Å². The van der Waals surface area contributed by atoms with Crippen LogP contribution in [0.25, 0.3) is 0 Å². The van der Waals surface area contributed by atoms with E-state index in [1.165, 1.54) is 7.11 Å². The summed E-state index contributed by atoms with van der Waals surface area (Å²) in [5.41, 5.74) is 2.69. The number of methoxy groups -OCH3 is 1. The van der Waals surface area contributed by atoms with E-state index in [2.05, 4.69) is 19.2 Å². The first-order chi connectivity index (χ1) is 21.2. The van der Waals surface area contributed by atoms with Crippen LogP contribution in [0.4, 0.5) is 0 Å². The van der Waals surface area contributed by atoms with Crippen LogP contribution in [0.2, 0.25) is 0 Å². The van der Waals surface area contributed by atoms with Gasteiger partial charge in [0.05, 0.1) is 38.7 Å². The molecule has 0 unspecified atom stereocenters. The molecule has 1 heterocycles. The summed E-state index contributed by atoms with van der Waals surface area (Å²) in [6, 6.07) is 12.2. The zero-order valence-electron chi connectivity index (χ0n) is 25.7. The molecule has 9 heteroatoms. The number of carbonyl (C=O) groups excluding carboxylic acids is 2. The standard InChI is InChI=1S/C35H44N2O7/c1-35(2)23-10-9-22(26(35)16-23)18-37(29(40)15-20-7-5-4-6-8-20)27-17-25(34(42)36-11-12-38)30-24-13-21(19-39)14-28(43-3)32(24)44-33(30)31(27)41/h4-8,13-14,17,22-23,26-27,30-31,33,38-39,41H,9-12,15-16,18-19H2,1-3H3,(H,36,42)/t22-,23-,26-,27+,30-,31-,33-/m0/s1. The van der Waals surface area contributed by atoms with Crippen LogP contribution >= 0.6 is 0 Å². The molecule has 0 saturated heterocycles. The van der Waals surface area contributed by atoms with Gasteiger partial charge < -0.3 is 35.0 Å². The maximum atomic E-state index is 14.2. The van der Waals surface area contributed by atoms with Crippen LogP contribution in [-0.2, 0) is 22.6 Å². The minimum Gasteiger partial charge on any atom is -0.493 e. The molecule has 3 fully saturated rings. The maximum Gasteiger partial charge on any atom is 0.247 e. The van der Waals surface area contributed by atoms with Crippen LogP contribution in [-0.4, -0.2) is 77.1 Å². The molecule has 3 saturated carbocycles. The van der Waals surface area contributed by atoms with Gasteiger partial charge in [-0.15, -0.1) is 0 Å². The Bertz CT molecular complexity index is 1420. The highest BCUT2D eigenvalue weighted by atomic mass is 16.5. The number of aliphatic hydroxyl groups is 3. The van der Waals surface area contributed by atoms with Crippen LogP contribution in [0.3, 0.4) is 0 Å². The topological polar surface area (TPSA) is 129 Å². The largest absolute Gasteiger partial charge is 0.493 e. The Labute approximate surface area is 258 Å². The van der Waals surface area contributed by atoms with Gasteiger partial charge in [0.1, 0.15) is 12.2 Å². The lowest BCUT2D eigenvalue weighted by molar-refractivity contribution is -0.145. The van der Waals surface area contributed by atoms with Gasteiger partial charge in [-0.05, 0) is 71.8 Å². The smallest absolute Gasteiger partial charge is 0.247 e. The number of fused-ring (bicyclic) bond motifs is 5. The van der Waals surface area contributed by atoms with Crippen molar-refractivity contribution in [2.45, 2.75) is 70.3 Å². The first-order valence-electron chi connectivity index (χ1n) is 15.8. The summed E-state index contributed by atoms with van der Waals surface area (Å²) in [6.45, 7) is 4.74. The molecule has 1 aliphatic heterocycles. The number of amides is 2. The maximum absolute atomic E-state index is 14.2. The van der Waals surface area contributed by atoms with Gasteiger partial charge in [-0.2, -0.15) is 0 Å². The minimum absolute atomic E-state index is 0.0607. The van der Waals surface area contributed by atoms with Gasteiger partial charge in [0.25, 0.3) is 0 Å². The second kappa shape index (κ2) is 12.2. The van der Waals surface area contributed by atoms with Crippen molar-refractivity contribution in [1.82, 2.24) is 10.2 Å². The van der Waals surface area contributed by atoms with Crippen molar-refractivity contribution < 1.29 is 34.4 Å². The molecule has 4 aliphatic carbocycles. The second-order valence-electron chi connectivity index (χ2n) is 13.4. The van der Waals surface area contributed by atoms with Gasteiger partial charge in [-0.1, -0.05) is 44.2 Å². The van der Waals surface area contributed by atoms with Crippen LogP contribution in [0.15, 0.2) is 54.1 Å². The highest BCUT2D eigenvalue weighted by Gasteiger charge is 2.56. The summed E-state index contributed by atoms with van der Waals surface area (Å²) >= 11 is 0. The van der Waals surface area contributed by atoms with Crippen molar-refractivity contribution in [3.05, 3.63) is 70.8 Å². The summed E-state index contributed by atoms with van der Waals surface area (Å²) in [5, 5.41) is 34.2. The number of rotatable bonds is 10. The van der Waals surface area contributed by atoms with Gasteiger partial charge >= 0.3 is 0 Å². The predicted molar refractivity (Wildman–Crippen MR) is 164 cm³/mol. The normalized spacial score (nSPS) is 29.3. The van der Waals surface area contributed by atoms with Crippen molar-refractivity contribution in [2.24, 2.45) is 23.2 Å². The van der Waals surface area contributed by atoms with E-state index < -0.39 is 30.1 Å².